The van der Waals surface area contributed by atoms with Gasteiger partial charge in [-0.15, -0.1) is 0 Å². The highest BCUT2D eigenvalue weighted by molar-refractivity contribution is 5.75. The second-order valence-corrected chi connectivity index (χ2v) is 6.87. The Balaban J connectivity index is 1.68. The summed E-state index contributed by atoms with van der Waals surface area (Å²) in [5.41, 5.74) is 0.784. The average molecular weight is 287 g/mol. The lowest BCUT2D eigenvalue weighted by atomic mass is 9.94. The van der Waals surface area contributed by atoms with Crippen molar-refractivity contribution in [2.24, 2.45) is 5.92 Å². The van der Waals surface area contributed by atoms with Crippen LogP contribution >= 0.6 is 0 Å². The van der Waals surface area contributed by atoms with Gasteiger partial charge in [0.1, 0.15) is 0 Å². The number of fused-ring (bicyclic) bond motifs is 4. The first-order valence-electron chi connectivity index (χ1n) is 7.90. The van der Waals surface area contributed by atoms with Crippen LogP contribution in [0.15, 0.2) is 30.3 Å². The van der Waals surface area contributed by atoms with E-state index in [0.29, 0.717) is 12.0 Å². The van der Waals surface area contributed by atoms with E-state index < -0.39 is 0 Å². The van der Waals surface area contributed by atoms with Gasteiger partial charge in [-0.05, 0) is 44.7 Å². The van der Waals surface area contributed by atoms with Crippen molar-refractivity contribution in [2.45, 2.75) is 38.3 Å². The van der Waals surface area contributed by atoms with Gasteiger partial charge in [0.15, 0.2) is 0 Å². The number of carbonyl (C=O) groups excluding carboxylic acids is 1. The van der Waals surface area contributed by atoms with Crippen molar-refractivity contribution in [1.82, 2.24) is 15.5 Å². The fraction of sp³-hybridized carbons (Fsp3) is 0.588. The van der Waals surface area contributed by atoms with Gasteiger partial charge in [0, 0.05) is 19.1 Å². The van der Waals surface area contributed by atoms with Crippen LogP contribution in [0, 0.1) is 5.92 Å². The Kier molecular flexibility index (Phi) is 3.89. The summed E-state index contributed by atoms with van der Waals surface area (Å²) in [4.78, 5) is 14.6. The van der Waals surface area contributed by atoms with Crippen LogP contribution in [-0.2, 0) is 5.54 Å². The van der Waals surface area contributed by atoms with E-state index in [4.69, 9.17) is 0 Å². The first-order chi connectivity index (χ1) is 10.0. The van der Waals surface area contributed by atoms with E-state index in [-0.39, 0.29) is 11.6 Å². The lowest BCUT2D eigenvalue weighted by Gasteiger charge is -2.31. The Morgan fingerprint density at radius 3 is 2.67 bits per heavy atom. The number of hydrogen-bond acceptors (Lipinski definition) is 2. The molecular formula is C17H25N3O. The number of piperidine rings is 1. The van der Waals surface area contributed by atoms with Crippen LogP contribution in [0.4, 0.5) is 4.79 Å². The summed E-state index contributed by atoms with van der Waals surface area (Å²) < 4.78 is 0. The minimum Gasteiger partial charge on any atom is -0.329 e. The van der Waals surface area contributed by atoms with Crippen LogP contribution < -0.4 is 10.6 Å². The Labute approximate surface area is 126 Å². The highest BCUT2D eigenvalue weighted by Crippen LogP contribution is 2.23. The molecule has 0 radical (unpaired) electrons. The molecule has 0 spiro atoms. The smallest absolute Gasteiger partial charge is 0.318 e. The molecule has 0 saturated carbocycles. The third-order valence-corrected chi connectivity index (χ3v) is 4.74. The summed E-state index contributed by atoms with van der Waals surface area (Å²) in [7, 11) is 0. The Morgan fingerprint density at radius 2 is 2.00 bits per heavy atom. The molecule has 2 atom stereocenters. The van der Waals surface area contributed by atoms with Gasteiger partial charge in [-0.3, -0.25) is 0 Å². The van der Waals surface area contributed by atoms with Crippen molar-refractivity contribution < 1.29 is 4.79 Å². The second kappa shape index (κ2) is 5.68. The number of nitrogens with one attached hydrogen (secondary N) is 2. The monoisotopic (exact) mass is 287 g/mol. The molecule has 2 N–H and O–H groups in total. The standard InChI is InChI=1S/C17H25N3O/c1-17(2,14-6-4-3-5-7-14)19-16(21)20-11-13-8-9-15(12-20)18-10-13/h3-7,13,15,18H,8-12H2,1-2H3,(H,19,21). The molecule has 3 aliphatic heterocycles. The highest BCUT2D eigenvalue weighted by atomic mass is 16.2. The summed E-state index contributed by atoms with van der Waals surface area (Å²) in [5.74, 6) is 0.606. The van der Waals surface area contributed by atoms with E-state index in [0.717, 1.165) is 25.2 Å². The molecule has 114 valence electrons. The van der Waals surface area contributed by atoms with Gasteiger partial charge in [0.05, 0.1) is 5.54 Å². The third kappa shape index (κ3) is 3.21. The summed E-state index contributed by atoms with van der Waals surface area (Å²) >= 11 is 0. The number of benzene rings is 1. The van der Waals surface area contributed by atoms with E-state index >= 15 is 0 Å². The van der Waals surface area contributed by atoms with Crippen molar-refractivity contribution in [3.63, 3.8) is 0 Å². The second-order valence-electron chi connectivity index (χ2n) is 6.87. The minimum absolute atomic E-state index is 0.0597. The average Bonchev–Trinajstić information content (AvgIpc) is 2.81. The predicted octanol–water partition coefficient (Wildman–Crippen LogP) is 2.32. The number of nitrogens with zero attached hydrogens (tertiary/aromatic N) is 1. The summed E-state index contributed by atoms with van der Waals surface area (Å²) in [6, 6.07) is 10.7. The fourth-order valence-corrected chi connectivity index (χ4v) is 3.38. The van der Waals surface area contributed by atoms with Gasteiger partial charge in [0.25, 0.3) is 0 Å². The van der Waals surface area contributed by atoms with Gasteiger partial charge >= 0.3 is 6.03 Å². The zero-order chi connectivity index (χ0) is 14.9. The molecule has 2 bridgehead atoms. The van der Waals surface area contributed by atoms with Crippen LogP contribution in [0.2, 0.25) is 0 Å². The molecule has 0 aromatic heterocycles. The van der Waals surface area contributed by atoms with Crippen LogP contribution in [0.25, 0.3) is 0 Å². The molecule has 4 heteroatoms. The highest BCUT2D eigenvalue weighted by Gasteiger charge is 2.33. The topological polar surface area (TPSA) is 44.4 Å². The van der Waals surface area contributed by atoms with E-state index in [1.54, 1.807) is 0 Å². The van der Waals surface area contributed by atoms with Crippen LogP contribution in [0.3, 0.4) is 0 Å². The van der Waals surface area contributed by atoms with Gasteiger partial charge in [-0.25, -0.2) is 4.79 Å². The molecule has 3 aliphatic rings. The van der Waals surface area contributed by atoms with Gasteiger partial charge in [-0.2, -0.15) is 0 Å². The fourth-order valence-electron chi connectivity index (χ4n) is 3.38. The van der Waals surface area contributed by atoms with E-state index in [1.165, 1.54) is 12.8 Å². The molecular weight excluding hydrogens is 262 g/mol. The van der Waals surface area contributed by atoms with E-state index in [2.05, 4.69) is 36.6 Å². The Hall–Kier alpha value is -1.55. The SMILES string of the molecule is CC(C)(NC(=O)N1CC2CCC(C1)NC2)c1ccccc1. The first-order valence-corrected chi connectivity index (χ1v) is 7.90. The molecule has 3 fully saturated rings. The van der Waals surface area contributed by atoms with E-state index in [9.17, 15) is 4.79 Å². The molecule has 4 rings (SSSR count). The number of rotatable bonds is 2. The molecule has 4 nitrogen and oxygen atoms in total. The molecule has 1 aromatic rings. The quantitative estimate of drug-likeness (QED) is 0.877. The van der Waals surface area contributed by atoms with Crippen molar-refractivity contribution in [2.75, 3.05) is 19.6 Å². The molecule has 3 heterocycles. The summed E-state index contributed by atoms with van der Waals surface area (Å²) in [6.07, 6.45) is 2.43. The molecule has 0 aliphatic carbocycles. The van der Waals surface area contributed by atoms with Gasteiger partial charge in [0.2, 0.25) is 0 Å². The molecule has 21 heavy (non-hydrogen) atoms. The van der Waals surface area contributed by atoms with Gasteiger partial charge < -0.3 is 15.5 Å². The normalized spacial score (nSPS) is 25.5. The Bertz CT molecular complexity index is 478. The molecule has 2 amide bonds. The van der Waals surface area contributed by atoms with Crippen molar-refractivity contribution in [3.8, 4) is 0 Å². The largest absolute Gasteiger partial charge is 0.329 e. The van der Waals surface area contributed by atoms with Crippen LogP contribution in [0.1, 0.15) is 32.3 Å². The minimum atomic E-state index is -0.350. The first kappa shape index (κ1) is 14.4. The van der Waals surface area contributed by atoms with E-state index in [1.807, 2.05) is 23.1 Å². The van der Waals surface area contributed by atoms with Crippen molar-refractivity contribution in [3.05, 3.63) is 35.9 Å². The molecule has 2 unspecified atom stereocenters. The number of hydrogen-bond donors (Lipinski definition) is 2. The molecule has 3 saturated heterocycles. The predicted molar refractivity (Wildman–Crippen MR) is 84.1 cm³/mol. The molecule has 1 aromatic carbocycles. The van der Waals surface area contributed by atoms with Crippen molar-refractivity contribution >= 4 is 6.03 Å². The van der Waals surface area contributed by atoms with Crippen LogP contribution in [0.5, 0.6) is 0 Å². The van der Waals surface area contributed by atoms with Crippen molar-refractivity contribution in [1.29, 1.82) is 0 Å². The maximum Gasteiger partial charge on any atom is 0.318 e. The Morgan fingerprint density at radius 1 is 1.24 bits per heavy atom. The zero-order valence-corrected chi connectivity index (χ0v) is 12.9. The third-order valence-electron chi connectivity index (χ3n) is 4.74. The lowest BCUT2D eigenvalue weighted by molar-refractivity contribution is 0.184. The number of urea groups is 1. The van der Waals surface area contributed by atoms with Gasteiger partial charge in [-0.1, -0.05) is 30.3 Å². The number of amides is 2. The number of carbonyl (C=O) groups is 1. The maximum absolute atomic E-state index is 12.6. The summed E-state index contributed by atoms with van der Waals surface area (Å²) in [5, 5.41) is 6.74. The summed E-state index contributed by atoms with van der Waals surface area (Å²) in [6.45, 7) is 6.87. The lowest BCUT2D eigenvalue weighted by Crippen LogP contribution is -2.50. The zero-order valence-electron chi connectivity index (χ0n) is 12.9. The van der Waals surface area contributed by atoms with Crippen LogP contribution in [-0.4, -0.2) is 36.6 Å². The maximum atomic E-state index is 12.6.